The topological polar surface area (TPSA) is 12.5 Å². The summed E-state index contributed by atoms with van der Waals surface area (Å²) in [6, 6.07) is 0.693. The Hall–Kier alpha value is -0.0800. The monoisotopic (exact) mass is 211 g/mol. The van der Waals surface area contributed by atoms with Crippen molar-refractivity contribution in [2.24, 2.45) is 5.92 Å². The van der Waals surface area contributed by atoms with E-state index in [0.29, 0.717) is 12.1 Å². The highest BCUT2D eigenvalue weighted by molar-refractivity contribution is 4.95. The lowest BCUT2D eigenvalue weighted by Gasteiger charge is -2.40. The van der Waals surface area contributed by atoms with Crippen molar-refractivity contribution in [1.82, 2.24) is 4.90 Å². The Bertz CT molecular complexity index is 219. The van der Waals surface area contributed by atoms with Gasteiger partial charge >= 0.3 is 0 Å². The fourth-order valence-electron chi connectivity index (χ4n) is 3.29. The summed E-state index contributed by atoms with van der Waals surface area (Å²) in [5, 5.41) is 0. The van der Waals surface area contributed by atoms with Crippen molar-refractivity contribution < 1.29 is 4.74 Å². The van der Waals surface area contributed by atoms with Gasteiger partial charge in [-0.05, 0) is 59.5 Å². The Labute approximate surface area is 94.0 Å². The number of hydrogen-bond donors (Lipinski definition) is 0. The van der Waals surface area contributed by atoms with Gasteiger partial charge in [0.25, 0.3) is 0 Å². The molecule has 0 radical (unpaired) electrons. The summed E-state index contributed by atoms with van der Waals surface area (Å²) in [6.45, 7) is 7.78. The minimum Gasteiger partial charge on any atom is -0.371 e. The predicted octanol–water partition coefficient (Wildman–Crippen LogP) is 2.67. The van der Waals surface area contributed by atoms with Crippen LogP contribution in [0.1, 0.15) is 46.5 Å². The standard InChI is InChI=1S/C13H25NO/c1-13(2,3)15-11-7-5-6-10-8-9-14(4)12(10)11/h10-12H,5-9H2,1-4H3. The molecule has 3 atom stereocenters. The normalized spacial score (nSPS) is 38.0. The molecule has 2 rings (SSSR count). The zero-order valence-electron chi connectivity index (χ0n) is 10.6. The third-order valence-corrected chi connectivity index (χ3v) is 3.79. The number of rotatable bonds is 1. The Morgan fingerprint density at radius 1 is 1.13 bits per heavy atom. The Morgan fingerprint density at radius 2 is 1.87 bits per heavy atom. The van der Waals surface area contributed by atoms with Crippen LogP contribution < -0.4 is 0 Å². The molecular weight excluding hydrogens is 186 g/mol. The quantitative estimate of drug-likeness (QED) is 0.661. The van der Waals surface area contributed by atoms with Crippen molar-refractivity contribution >= 4 is 0 Å². The van der Waals surface area contributed by atoms with Gasteiger partial charge in [-0.3, -0.25) is 0 Å². The average molecular weight is 211 g/mol. The van der Waals surface area contributed by atoms with Crippen LogP contribution in [0.25, 0.3) is 0 Å². The SMILES string of the molecule is CN1CCC2CCCC(OC(C)(C)C)C21. The van der Waals surface area contributed by atoms with Crippen molar-refractivity contribution in [2.75, 3.05) is 13.6 Å². The van der Waals surface area contributed by atoms with E-state index >= 15 is 0 Å². The fourth-order valence-corrected chi connectivity index (χ4v) is 3.29. The van der Waals surface area contributed by atoms with E-state index in [1.807, 2.05) is 0 Å². The van der Waals surface area contributed by atoms with Gasteiger partial charge in [-0.15, -0.1) is 0 Å². The third kappa shape index (κ3) is 2.54. The predicted molar refractivity (Wildman–Crippen MR) is 63.0 cm³/mol. The molecule has 0 N–H and O–H groups in total. The van der Waals surface area contributed by atoms with Crippen LogP contribution in [-0.2, 0) is 4.74 Å². The number of likely N-dealkylation sites (N-methyl/N-ethyl adjacent to an activating group) is 1. The second-order valence-electron chi connectivity index (χ2n) is 6.22. The third-order valence-electron chi connectivity index (χ3n) is 3.79. The first-order valence-electron chi connectivity index (χ1n) is 6.35. The summed E-state index contributed by atoms with van der Waals surface area (Å²) in [7, 11) is 2.26. The number of hydrogen-bond acceptors (Lipinski definition) is 2. The number of fused-ring (bicyclic) bond motifs is 1. The zero-order valence-corrected chi connectivity index (χ0v) is 10.6. The van der Waals surface area contributed by atoms with Gasteiger partial charge in [0.15, 0.2) is 0 Å². The molecule has 1 aliphatic carbocycles. The van der Waals surface area contributed by atoms with E-state index in [1.54, 1.807) is 0 Å². The lowest BCUT2D eigenvalue weighted by Crippen LogP contribution is -2.47. The van der Waals surface area contributed by atoms with Gasteiger partial charge in [-0.2, -0.15) is 0 Å². The smallest absolute Gasteiger partial charge is 0.0739 e. The molecule has 0 aromatic carbocycles. The summed E-state index contributed by atoms with van der Waals surface area (Å²) in [5.41, 5.74) is 0.00991. The van der Waals surface area contributed by atoms with E-state index < -0.39 is 0 Å². The van der Waals surface area contributed by atoms with Gasteiger partial charge < -0.3 is 9.64 Å². The van der Waals surface area contributed by atoms with Crippen LogP contribution in [-0.4, -0.2) is 36.2 Å². The van der Waals surface area contributed by atoms with E-state index in [4.69, 9.17) is 4.74 Å². The lowest BCUT2D eigenvalue weighted by atomic mass is 9.83. The second-order valence-corrected chi connectivity index (χ2v) is 6.22. The minimum absolute atomic E-state index is 0.00991. The van der Waals surface area contributed by atoms with E-state index in [1.165, 1.54) is 32.2 Å². The first kappa shape index (κ1) is 11.4. The molecule has 88 valence electrons. The lowest BCUT2D eigenvalue weighted by molar-refractivity contribution is -0.107. The number of nitrogens with zero attached hydrogens (tertiary/aromatic N) is 1. The Morgan fingerprint density at radius 3 is 2.53 bits per heavy atom. The zero-order chi connectivity index (χ0) is 11.1. The summed E-state index contributed by atoms with van der Waals surface area (Å²) >= 11 is 0. The Balaban J connectivity index is 2.03. The second kappa shape index (κ2) is 4.06. The molecule has 0 aromatic heterocycles. The van der Waals surface area contributed by atoms with Crippen molar-refractivity contribution in [1.29, 1.82) is 0 Å². The van der Waals surface area contributed by atoms with E-state index in [9.17, 15) is 0 Å². The maximum absolute atomic E-state index is 6.22. The van der Waals surface area contributed by atoms with Crippen molar-refractivity contribution in [3.63, 3.8) is 0 Å². The summed E-state index contributed by atoms with van der Waals surface area (Å²) < 4.78 is 6.22. The summed E-state index contributed by atoms with van der Waals surface area (Å²) in [6.07, 6.45) is 5.87. The van der Waals surface area contributed by atoms with Crippen molar-refractivity contribution in [2.45, 2.75) is 64.2 Å². The molecule has 1 saturated carbocycles. The molecule has 1 saturated heterocycles. The maximum atomic E-state index is 6.22. The molecule has 0 aromatic rings. The Kier molecular flexibility index (Phi) is 3.09. The van der Waals surface area contributed by atoms with E-state index in [2.05, 4.69) is 32.7 Å². The van der Waals surface area contributed by atoms with Crippen LogP contribution in [0.4, 0.5) is 0 Å². The van der Waals surface area contributed by atoms with E-state index in [-0.39, 0.29) is 5.60 Å². The molecule has 2 nitrogen and oxygen atoms in total. The molecule has 2 fully saturated rings. The first-order chi connectivity index (χ1) is 6.97. The van der Waals surface area contributed by atoms with E-state index in [0.717, 1.165) is 5.92 Å². The van der Waals surface area contributed by atoms with Crippen molar-refractivity contribution in [3.8, 4) is 0 Å². The summed E-state index contributed by atoms with van der Waals surface area (Å²) in [5.74, 6) is 0.899. The average Bonchev–Trinajstić information content (AvgIpc) is 2.46. The molecule has 0 spiro atoms. The summed E-state index contributed by atoms with van der Waals surface area (Å²) in [4.78, 5) is 2.51. The molecule has 3 unspecified atom stereocenters. The first-order valence-corrected chi connectivity index (χ1v) is 6.35. The van der Waals surface area contributed by atoms with Crippen LogP contribution in [0.15, 0.2) is 0 Å². The highest BCUT2D eigenvalue weighted by atomic mass is 16.5. The van der Waals surface area contributed by atoms with Gasteiger partial charge in [0.2, 0.25) is 0 Å². The molecule has 2 aliphatic rings. The van der Waals surface area contributed by atoms with Gasteiger partial charge in [0, 0.05) is 6.04 Å². The van der Waals surface area contributed by atoms with Gasteiger partial charge in [-0.25, -0.2) is 0 Å². The minimum atomic E-state index is 0.00991. The molecule has 0 amide bonds. The maximum Gasteiger partial charge on any atom is 0.0739 e. The molecule has 0 bridgehead atoms. The molecular formula is C13H25NO. The molecule has 2 heteroatoms. The number of likely N-dealkylation sites (tertiary alicyclic amines) is 1. The molecule has 1 aliphatic heterocycles. The van der Waals surface area contributed by atoms with Crippen molar-refractivity contribution in [3.05, 3.63) is 0 Å². The van der Waals surface area contributed by atoms with Crippen LogP contribution in [0.3, 0.4) is 0 Å². The van der Waals surface area contributed by atoms with Crippen LogP contribution in [0, 0.1) is 5.92 Å². The highest BCUT2D eigenvalue weighted by Gasteiger charge is 2.41. The molecule has 1 heterocycles. The fraction of sp³-hybridized carbons (Fsp3) is 1.00. The molecule has 15 heavy (non-hydrogen) atoms. The van der Waals surface area contributed by atoms with Gasteiger partial charge in [-0.1, -0.05) is 6.42 Å². The van der Waals surface area contributed by atoms with Gasteiger partial charge in [0.05, 0.1) is 11.7 Å². The van der Waals surface area contributed by atoms with Crippen LogP contribution in [0.2, 0.25) is 0 Å². The van der Waals surface area contributed by atoms with Crippen LogP contribution in [0.5, 0.6) is 0 Å². The van der Waals surface area contributed by atoms with Crippen LogP contribution >= 0.6 is 0 Å². The van der Waals surface area contributed by atoms with Gasteiger partial charge in [0.1, 0.15) is 0 Å². The highest BCUT2D eigenvalue weighted by Crippen LogP contribution is 2.38. The largest absolute Gasteiger partial charge is 0.371 e. The number of ether oxygens (including phenoxy) is 1.